The van der Waals surface area contributed by atoms with Gasteiger partial charge >= 0.3 is 0 Å². The van der Waals surface area contributed by atoms with E-state index in [2.05, 4.69) is 57.8 Å². The van der Waals surface area contributed by atoms with Crippen LogP contribution in [0, 0.1) is 5.92 Å². The Balaban J connectivity index is 1.31. The molecule has 7 heteroatoms. The Morgan fingerprint density at radius 1 is 1.06 bits per heavy atom. The third-order valence-corrected chi connectivity index (χ3v) is 5.73. The quantitative estimate of drug-likeness (QED) is 0.365. The predicted octanol–water partition coefficient (Wildman–Crippen LogP) is 5.59. The highest BCUT2D eigenvalue weighted by Gasteiger charge is 2.23. The van der Waals surface area contributed by atoms with Crippen molar-refractivity contribution >= 4 is 11.4 Å². The molecular weight excluding hydrogens is 412 g/mol. The number of rotatable bonds is 9. The third-order valence-electron chi connectivity index (χ3n) is 5.73. The monoisotopic (exact) mass is 440 g/mol. The van der Waals surface area contributed by atoms with Crippen LogP contribution in [0.2, 0.25) is 0 Å². The minimum atomic E-state index is 0.332. The number of nitrogens with one attached hydrogen (secondary N) is 1. The minimum Gasteiger partial charge on any atom is -0.487 e. The average molecular weight is 441 g/mol. The van der Waals surface area contributed by atoms with Crippen molar-refractivity contribution in [2.45, 2.75) is 45.8 Å². The second-order valence-electron chi connectivity index (χ2n) is 8.83. The number of ether oxygens (including phenoxy) is 1. The van der Waals surface area contributed by atoms with Crippen molar-refractivity contribution in [3.8, 4) is 17.1 Å². The van der Waals surface area contributed by atoms with Crippen LogP contribution in [0.25, 0.3) is 11.4 Å². The molecule has 2 heterocycles. The molecule has 0 bridgehead atoms. The normalized spacial score (nSPS) is 13.3. The van der Waals surface area contributed by atoms with E-state index in [0.29, 0.717) is 24.3 Å². The molecule has 0 aliphatic heterocycles. The molecule has 1 fully saturated rings. The molecule has 2 aromatic carbocycles. The van der Waals surface area contributed by atoms with Gasteiger partial charge < -0.3 is 10.1 Å². The molecule has 2 aromatic heterocycles. The Labute approximate surface area is 193 Å². The second-order valence-corrected chi connectivity index (χ2v) is 8.83. The lowest BCUT2D eigenvalue weighted by molar-refractivity contribution is 0.301. The summed E-state index contributed by atoms with van der Waals surface area (Å²) in [5.74, 6) is 2.53. The van der Waals surface area contributed by atoms with E-state index >= 15 is 0 Å². The van der Waals surface area contributed by atoms with Crippen molar-refractivity contribution < 1.29 is 4.74 Å². The summed E-state index contributed by atoms with van der Waals surface area (Å²) in [6.45, 7) is 5.67. The Bertz CT molecular complexity index is 1220. The summed E-state index contributed by atoms with van der Waals surface area (Å²) >= 11 is 0. The molecule has 0 spiro atoms. The molecule has 4 aromatic rings. The highest BCUT2D eigenvalue weighted by Crippen LogP contribution is 2.32. The standard InChI is InChI=1S/C26H28N6O/c1-18(2)24-15-23(33-17-22-7-3-4-13-27-22)11-12-25(24)28-21-8-5-6-20(14-21)26-29-31-32(30-26)16-19-9-10-19/h3-8,11-15,18-19,28H,9-10,16-17H2,1-2H3. The summed E-state index contributed by atoms with van der Waals surface area (Å²) in [4.78, 5) is 6.04. The summed E-state index contributed by atoms with van der Waals surface area (Å²) in [7, 11) is 0. The minimum absolute atomic E-state index is 0.332. The molecule has 5 rings (SSSR count). The molecule has 0 atom stereocenters. The lowest BCUT2D eigenvalue weighted by Gasteiger charge is -2.17. The highest BCUT2D eigenvalue weighted by atomic mass is 16.5. The van der Waals surface area contributed by atoms with Gasteiger partial charge in [-0.15, -0.1) is 10.2 Å². The molecule has 0 amide bonds. The molecule has 0 radical (unpaired) electrons. The van der Waals surface area contributed by atoms with E-state index < -0.39 is 0 Å². The number of hydrogen-bond donors (Lipinski definition) is 1. The highest BCUT2D eigenvalue weighted by molar-refractivity contribution is 5.69. The number of benzene rings is 2. The number of nitrogens with zero attached hydrogens (tertiary/aromatic N) is 5. The van der Waals surface area contributed by atoms with Gasteiger partial charge in [0.1, 0.15) is 12.4 Å². The lowest BCUT2D eigenvalue weighted by Crippen LogP contribution is -2.03. The molecule has 1 aliphatic carbocycles. The fraction of sp³-hybridized carbons (Fsp3) is 0.308. The maximum Gasteiger partial charge on any atom is 0.204 e. The molecule has 0 unspecified atom stereocenters. The smallest absolute Gasteiger partial charge is 0.204 e. The molecule has 168 valence electrons. The van der Waals surface area contributed by atoms with Gasteiger partial charge in [-0.1, -0.05) is 32.0 Å². The van der Waals surface area contributed by atoms with Crippen LogP contribution in [-0.2, 0) is 13.2 Å². The number of aromatic nitrogens is 5. The number of anilines is 2. The van der Waals surface area contributed by atoms with Crippen LogP contribution in [0.1, 0.15) is 43.9 Å². The average Bonchev–Trinajstić information content (AvgIpc) is 3.53. The van der Waals surface area contributed by atoms with Crippen molar-refractivity contribution in [1.29, 1.82) is 0 Å². The predicted molar refractivity (Wildman–Crippen MR) is 128 cm³/mol. The van der Waals surface area contributed by atoms with E-state index in [1.54, 1.807) is 11.0 Å². The first kappa shape index (κ1) is 21.1. The van der Waals surface area contributed by atoms with Crippen molar-refractivity contribution in [1.82, 2.24) is 25.2 Å². The van der Waals surface area contributed by atoms with Crippen molar-refractivity contribution in [2.24, 2.45) is 5.92 Å². The number of pyridine rings is 1. The molecule has 33 heavy (non-hydrogen) atoms. The first-order valence-electron chi connectivity index (χ1n) is 11.5. The zero-order valence-electron chi connectivity index (χ0n) is 19.0. The third kappa shape index (κ3) is 5.37. The number of tetrazole rings is 1. The van der Waals surface area contributed by atoms with Gasteiger partial charge in [0.15, 0.2) is 0 Å². The Hall–Kier alpha value is -3.74. The second kappa shape index (κ2) is 9.40. The van der Waals surface area contributed by atoms with Crippen molar-refractivity contribution in [3.05, 3.63) is 78.1 Å². The van der Waals surface area contributed by atoms with Gasteiger partial charge in [0.25, 0.3) is 0 Å². The fourth-order valence-electron chi connectivity index (χ4n) is 3.72. The van der Waals surface area contributed by atoms with Crippen LogP contribution >= 0.6 is 0 Å². The topological polar surface area (TPSA) is 77.8 Å². The van der Waals surface area contributed by atoms with Gasteiger partial charge in [-0.2, -0.15) is 4.80 Å². The van der Waals surface area contributed by atoms with Gasteiger partial charge in [0.05, 0.1) is 12.2 Å². The van der Waals surface area contributed by atoms with E-state index in [4.69, 9.17) is 4.74 Å². The van der Waals surface area contributed by atoms with E-state index in [1.165, 1.54) is 18.4 Å². The summed E-state index contributed by atoms with van der Waals surface area (Å²) in [6, 6.07) is 20.1. The van der Waals surface area contributed by atoms with Crippen LogP contribution in [0.3, 0.4) is 0 Å². The Morgan fingerprint density at radius 2 is 1.97 bits per heavy atom. The Morgan fingerprint density at radius 3 is 2.76 bits per heavy atom. The molecule has 1 aliphatic rings. The van der Waals surface area contributed by atoms with Gasteiger partial charge in [0, 0.05) is 23.1 Å². The van der Waals surface area contributed by atoms with Crippen LogP contribution in [-0.4, -0.2) is 25.2 Å². The van der Waals surface area contributed by atoms with Gasteiger partial charge in [-0.05, 0) is 77.9 Å². The summed E-state index contributed by atoms with van der Waals surface area (Å²) < 4.78 is 5.98. The van der Waals surface area contributed by atoms with Gasteiger partial charge in [-0.25, -0.2) is 0 Å². The Kier molecular flexibility index (Phi) is 6.02. The zero-order valence-corrected chi connectivity index (χ0v) is 19.0. The number of hydrogen-bond acceptors (Lipinski definition) is 6. The van der Waals surface area contributed by atoms with Crippen LogP contribution in [0.5, 0.6) is 5.75 Å². The molecule has 0 saturated heterocycles. The molecular formula is C26H28N6O. The SMILES string of the molecule is CC(C)c1cc(OCc2ccccn2)ccc1Nc1cccc(-c2nnn(CC3CC3)n2)c1. The van der Waals surface area contributed by atoms with E-state index in [0.717, 1.165) is 34.9 Å². The maximum atomic E-state index is 5.98. The first-order chi connectivity index (χ1) is 16.1. The molecule has 1 N–H and O–H groups in total. The van der Waals surface area contributed by atoms with Crippen LogP contribution < -0.4 is 10.1 Å². The van der Waals surface area contributed by atoms with Crippen LogP contribution in [0.15, 0.2) is 66.9 Å². The molecule has 7 nitrogen and oxygen atoms in total. The van der Waals surface area contributed by atoms with E-state index in [9.17, 15) is 0 Å². The van der Waals surface area contributed by atoms with E-state index in [-0.39, 0.29) is 0 Å². The van der Waals surface area contributed by atoms with E-state index in [1.807, 2.05) is 42.5 Å². The van der Waals surface area contributed by atoms with Crippen molar-refractivity contribution in [3.63, 3.8) is 0 Å². The van der Waals surface area contributed by atoms with Crippen LogP contribution in [0.4, 0.5) is 11.4 Å². The summed E-state index contributed by atoms with van der Waals surface area (Å²) in [6.07, 6.45) is 4.31. The van der Waals surface area contributed by atoms with Gasteiger partial charge in [-0.3, -0.25) is 4.98 Å². The van der Waals surface area contributed by atoms with Gasteiger partial charge in [0.2, 0.25) is 5.82 Å². The van der Waals surface area contributed by atoms with Crippen molar-refractivity contribution in [2.75, 3.05) is 5.32 Å². The lowest BCUT2D eigenvalue weighted by atomic mass is 10.0. The maximum absolute atomic E-state index is 5.98. The summed E-state index contributed by atoms with van der Waals surface area (Å²) in [5, 5.41) is 16.6. The first-order valence-corrected chi connectivity index (χ1v) is 11.5. The summed E-state index contributed by atoms with van der Waals surface area (Å²) in [5.41, 5.74) is 5.08. The fourth-order valence-corrected chi connectivity index (χ4v) is 3.72. The molecule has 1 saturated carbocycles. The largest absolute Gasteiger partial charge is 0.487 e. The zero-order chi connectivity index (χ0) is 22.6.